The minimum Gasteiger partial charge on any atom is -0.497 e. The average Bonchev–Trinajstić information content (AvgIpc) is 2.67. The molecule has 6 heteroatoms. The SMILES string of the molecule is COc1ccc(C(=O)SCCCSC(=O)c2ccc(OC)cc2)cc1. The van der Waals surface area contributed by atoms with E-state index in [1.165, 1.54) is 23.5 Å². The van der Waals surface area contributed by atoms with E-state index in [9.17, 15) is 9.59 Å². The third-order valence-corrected chi connectivity index (χ3v) is 5.39. The minimum absolute atomic E-state index is 0.0362. The standard InChI is InChI=1S/C19H20O4S2/c1-22-16-8-4-14(5-9-16)18(20)24-12-3-13-25-19(21)15-6-10-17(23-2)11-7-15/h4-11H,3,12-13H2,1-2H3. The molecule has 25 heavy (non-hydrogen) atoms. The van der Waals surface area contributed by atoms with Crippen LogP contribution in [0.5, 0.6) is 11.5 Å². The fourth-order valence-electron chi connectivity index (χ4n) is 2.01. The van der Waals surface area contributed by atoms with Gasteiger partial charge in [-0.05, 0) is 55.0 Å². The molecule has 0 N–H and O–H groups in total. The van der Waals surface area contributed by atoms with Gasteiger partial charge in [0.1, 0.15) is 11.5 Å². The largest absolute Gasteiger partial charge is 0.497 e. The smallest absolute Gasteiger partial charge is 0.219 e. The molecule has 0 spiro atoms. The van der Waals surface area contributed by atoms with Gasteiger partial charge in [0.25, 0.3) is 0 Å². The average molecular weight is 376 g/mol. The van der Waals surface area contributed by atoms with Crippen molar-refractivity contribution < 1.29 is 19.1 Å². The van der Waals surface area contributed by atoms with Gasteiger partial charge in [-0.15, -0.1) is 0 Å². The summed E-state index contributed by atoms with van der Waals surface area (Å²) in [4.78, 5) is 24.1. The Bertz CT molecular complexity index is 635. The maximum Gasteiger partial charge on any atom is 0.219 e. The first-order chi connectivity index (χ1) is 12.1. The zero-order valence-electron chi connectivity index (χ0n) is 14.2. The molecule has 0 aliphatic rings. The van der Waals surface area contributed by atoms with Gasteiger partial charge in [0.2, 0.25) is 10.2 Å². The Labute approximate surface area is 156 Å². The molecule has 0 amide bonds. The highest BCUT2D eigenvalue weighted by atomic mass is 32.2. The first-order valence-corrected chi connectivity index (χ1v) is 9.73. The molecule has 0 aliphatic carbocycles. The van der Waals surface area contributed by atoms with Gasteiger partial charge in [0.05, 0.1) is 14.2 Å². The van der Waals surface area contributed by atoms with Gasteiger partial charge in [-0.1, -0.05) is 23.5 Å². The van der Waals surface area contributed by atoms with Crippen molar-refractivity contribution >= 4 is 33.8 Å². The molecule has 132 valence electrons. The van der Waals surface area contributed by atoms with Crippen LogP contribution >= 0.6 is 23.5 Å². The number of ether oxygens (including phenoxy) is 2. The second-order valence-corrected chi connectivity index (χ2v) is 7.22. The maximum atomic E-state index is 12.1. The molecule has 2 aromatic rings. The van der Waals surface area contributed by atoms with Gasteiger partial charge in [-0.3, -0.25) is 9.59 Å². The summed E-state index contributed by atoms with van der Waals surface area (Å²) in [6.07, 6.45) is 0.791. The van der Waals surface area contributed by atoms with Crippen LogP contribution in [0.1, 0.15) is 27.1 Å². The van der Waals surface area contributed by atoms with Crippen molar-refractivity contribution in [3.05, 3.63) is 59.7 Å². The monoisotopic (exact) mass is 376 g/mol. The zero-order valence-corrected chi connectivity index (χ0v) is 15.8. The van der Waals surface area contributed by atoms with Crippen LogP contribution in [-0.2, 0) is 0 Å². The summed E-state index contributed by atoms with van der Waals surface area (Å²) in [5.41, 5.74) is 1.32. The van der Waals surface area contributed by atoms with Crippen LogP contribution in [0.25, 0.3) is 0 Å². The van der Waals surface area contributed by atoms with E-state index < -0.39 is 0 Å². The van der Waals surface area contributed by atoms with Crippen LogP contribution in [0.15, 0.2) is 48.5 Å². The molecule has 0 aliphatic heterocycles. The van der Waals surface area contributed by atoms with E-state index in [1.54, 1.807) is 62.8 Å². The van der Waals surface area contributed by atoms with E-state index in [2.05, 4.69) is 0 Å². The number of carbonyl (C=O) groups excluding carboxylic acids is 2. The summed E-state index contributed by atoms with van der Waals surface area (Å²) in [5.74, 6) is 2.84. The van der Waals surface area contributed by atoms with Gasteiger partial charge in [0, 0.05) is 22.6 Å². The molecule has 0 radical (unpaired) electrons. The van der Waals surface area contributed by atoms with E-state index in [0.717, 1.165) is 17.9 Å². The lowest BCUT2D eigenvalue weighted by Crippen LogP contribution is -1.98. The van der Waals surface area contributed by atoms with Crippen molar-refractivity contribution in [1.29, 1.82) is 0 Å². The van der Waals surface area contributed by atoms with Gasteiger partial charge in [-0.25, -0.2) is 0 Å². The first-order valence-electron chi connectivity index (χ1n) is 7.76. The van der Waals surface area contributed by atoms with Crippen molar-refractivity contribution in [1.82, 2.24) is 0 Å². The number of hydrogen-bond acceptors (Lipinski definition) is 6. The van der Waals surface area contributed by atoms with Crippen LogP contribution < -0.4 is 9.47 Å². The Morgan fingerprint density at radius 3 is 1.40 bits per heavy atom. The van der Waals surface area contributed by atoms with E-state index in [1.807, 2.05) is 0 Å². The number of hydrogen-bond donors (Lipinski definition) is 0. The van der Waals surface area contributed by atoms with E-state index in [4.69, 9.17) is 9.47 Å². The number of benzene rings is 2. The molecular formula is C19H20O4S2. The lowest BCUT2D eigenvalue weighted by molar-refractivity contribution is 0.108. The van der Waals surface area contributed by atoms with E-state index >= 15 is 0 Å². The normalized spacial score (nSPS) is 10.3. The molecule has 0 saturated carbocycles. The molecule has 0 aromatic heterocycles. The summed E-state index contributed by atoms with van der Waals surface area (Å²) in [5, 5.41) is 0.0725. The summed E-state index contributed by atoms with van der Waals surface area (Å²) in [7, 11) is 3.19. The minimum atomic E-state index is 0.0362. The van der Waals surface area contributed by atoms with E-state index in [0.29, 0.717) is 22.6 Å². The quantitative estimate of drug-likeness (QED) is 0.631. The third-order valence-electron chi connectivity index (χ3n) is 3.41. The van der Waals surface area contributed by atoms with Crippen LogP contribution in [0.2, 0.25) is 0 Å². The van der Waals surface area contributed by atoms with Gasteiger partial charge in [0.15, 0.2) is 0 Å². The first kappa shape index (κ1) is 19.4. The van der Waals surface area contributed by atoms with Crippen molar-refractivity contribution in [2.75, 3.05) is 25.7 Å². The lowest BCUT2D eigenvalue weighted by atomic mass is 10.2. The van der Waals surface area contributed by atoms with Crippen LogP contribution in [0.3, 0.4) is 0 Å². The maximum absolute atomic E-state index is 12.1. The topological polar surface area (TPSA) is 52.6 Å². The molecule has 0 atom stereocenters. The molecule has 0 saturated heterocycles. The number of rotatable bonds is 8. The highest BCUT2D eigenvalue weighted by molar-refractivity contribution is 8.14. The fraction of sp³-hybridized carbons (Fsp3) is 0.263. The Balaban J connectivity index is 1.68. The molecule has 2 rings (SSSR count). The Morgan fingerprint density at radius 2 is 1.08 bits per heavy atom. The van der Waals surface area contributed by atoms with Gasteiger partial charge < -0.3 is 9.47 Å². The van der Waals surface area contributed by atoms with Crippen molar-refractivity contribution in [3.8, 4) is 11.5 Å². The number of methoxy groups -OCH3 is 2. The highest BCUT2D eigenvalue weighted by Crippen LogP contribution is 2.20. The Kier molecular flexibility index (Phi) is 7.88. The predicted molar refractivity (Wildman–Crippen MR) is 104 cm³/mol. The van der Waals surface area contributed by atoms with Crippen LogP contribution in [0.4, 0.5) is 0 Å². The Morgan fingerprint density at radius 1 is 0.720 bits per heavy atom. The van der Waals surface area contributed by atoms with Crippen molar-refractivity contribution in [2.24, 2.45) is 0 Å². The van der Waals surface area contributed by atoms with Crippen LogP contribution in [0, 0.1) is 0 Å². The predicted octanol–water partition coefficient (Wildman–Crippen LogP) is 4.54. The summed E-state index contributed by atoms with van der Waals surface area (Å²) < 4.78 is 10.1. The summed E-state index contributed by atoms with van der Waals surface area (Å²) in [6.45, 7) is 0. The molecule has 0 fully saturated rings. The summed E-state index contributed by atoms with van der Waals surface area (Å²) in [6, 6.07) is 14.1. The van der Waals surface area contributed by atoms with E-state index in [-0.39, 0.29) is 10.2 Å². The fourth-order valence-corrected chi connectivity index (χ4v) is 3.75. The third kappa shape index (κ3) is 6.14. The lowest BCUT2D eigenvalue weighted by Gasteiger charge is -2.04. The highest BCUT2D eigenvalue weighted by Gasteiger charge is 2.09. The second-order valence-electron chi connectivity index (χ2n) is 5.08. The van der Waals surface area contributed by atoms with Crippen molar-refractivity contribution in [3.63, 3.8) is 0 Å². The molecular weight excluding hydrogens is 356 g/mol. The molecule has 0 bridgehead atoms. The molecule has 0 heterocycles. The van der Waals surface area contributed by atoms with Crippen LogP contribution in [-0.4, -0.2) is 36.0 Å². The van der Waals surface area contributed by atoms with Crippen molar-refractivity contribution in [2.45, 2.75) is 6.42 Å². The second kappa shape index (κ2) is 10.2. The zero-order chi connectivity index (χ0) is 18.1. The number of carbonyl (C=O) groups is 2. The molecule has 4 nitrogen and oxygen atoms in total. The Hall–Kier alpha value is -1.92. The summed E-state index contributed by atoms with van der Waals surface area (Å²) >= 11 is 2.55. The van der Waals surface area contributed by atoms with Gasteiger partial charge in [-0.2, -0.15) is 0 Å². The molecule has 0 unspecified atom stereocenters. The molecule has 2 aromatic carbocycles. The number of thioether (sulfide) groups is 2. The van der Waals surface area contributed by atoms with Gasteiger partial charge >= 0.3 is 0 Å².